The van der Waals surface area contributed by atoms with Crippen LogP contribution in [0.2, 0.25) is 10.0 Å². The number of amides is 2. The first-order chi connectivity index (χ1) is 14.8. The van der Waals surface area contributed by atoms with E-state index in [0.29, 0.717) is 21.5 Å². The molecule has 1 saturated carbocycles. The maximum atomic E-state index is 11.9. The summed E-state index contributed by atoms with van der Waals surface area (Å²) in [6.45, 7) is 5.77. The van der Waals surface area contributed by atoms with Crippen LogP contribution in [-0.4, -0.2) is 68.7 Å². The number of benzene rings is 1. The second-order valence-electron chi connectivity index (χ2n) is 10.1. The smallest absolute Gasteiger partial charge is 0.317 e. The zero-order valence-corrected chi connectivity index (χ0v) is 20.4. The lowest BCUT2D eigenvalue weighted by Crippen LogP contribution is -2.43. The molecule has 1 aromatic carbocycles. The van der Waals surface area contributed by atoms with Crippen molar-refractivity contribution >= 4 is 34.9 Å². The van der Waals surface area contributed by atoms with Gasteiger partial charge in [0, 0.05) is 45.2 Å². The van der Waals surface area contributed by atoms with Gasteiger partial charge >= 0.3 is 6.03 Å². The van der Waals surface area contributed by atoms with Crippen LogP contribution in [0.5, 0.6) is 0 Å². The number of likely N-dealkylation sites (tertiary alicyclic amines) is 1. The molecule has 2 aliphatic heterocycles. The number of halogens is 2. The Labute approximate surface area is 197 Å². The minimum Gasteiger partial charge on any atom is -0.370 e. The van der Waals surface area contributed by atoms with E-state index in [4.69, 9.17) is 23.2 Å². The number of rotatable bonds is 5. The molecule has 1 aliphatic carbocycles. The number of hydrogen-bond acceptors (Lipinski definition) is 3. The number of hydrogen-bond donors (Lipinski definition) is 1. The van der Waals surface area contributed by atoms with Gasteiger partial charge in [0.15, 0.2) is 0 Å². The third-order valence-electron chi connectivity index (χ3n) is 7.66. The van der Waals surface area contributed by atoms with Gasteiger partial charge in [0.1, 0.15) is 0 Å². The van der Waals surface area contributed by atoms with Crippen LogP contribution < -0.4 is 10.2 Å². The van der Waals surface area contributed by atoms with Gasteiger partial charge in [-0.05, 0) is 76.1 Å². The number of carbonyl (C=O) groups is 1. The normalized spacial score (nSPS) is 29.0. The van der Waals surface area contributed by atoms with Crippen molar-refractivity contribution in [1.29, 1.82) is 0 Å². The van der Waals surface area contributed by atoms with E-state index in [9.17, 15) is 4.79 Å². The van der Waals surface area contributed by atoms with Crippen molar-refractivity contribution in [2.45, 2.75) is 51.0 Å². The van der Waals surface area contributed by atoms with Gasteiger partial charge in [0.2, 0.25) is 0 Å². The number of nitrogens with one attached hydrogen (secondary N) is 1. The highest BCUT2D eigenvalue weighted by Gasteiger charge is 2.43. The van der Waals surface area contributed by atoms with E-state index in [-0.39, 0.29) is 6.03 Å². The summed E-state index contributed by atoms with van der Waals surface area (Å²) in [5, 5.41) is 4.48. The molecule has 172 valence electrons. The summed E-state index contributed by atoms with van der Waals surface area (Å²) in [5.41, 5.74) is 1.49. The van der Waals surface area contributed by atoms with E-state index in [2.05, 4.69) is 21.2 Å². The Morgan fingerprint density at radius 2 is 1.87 bits per heavy atom. The van der Waals surface area contributed by atoms with Gasteiger partial charge in [0.05, 0.1) is 15.7 Å². The molecule has 1 N–H and O–H groups in total. The fraction of sp³-hybridized carbons (Fsp3) is 0.708. The van der Waals surface area contributed by atoms with Gasteiger partial charge in [-0.25, -0.2) is 4.79 Å². The maximum Gasteiger partial charge on any atom is 0.317 e. The van der Waals surface area contributed by atoms with Crippen LogP contribution >= 0.6 is 23.2 Å². The van der Waals surface area contributed by atoms with Crippen molar-refractivity contribution in [3.05, 3.63) is 28.2 Å². The molecule has 1 spiro atoms. The van der Waals surface area contributed by atoms with Crippen molar-refractivity contribution in [2.75, 3.05) is 51.7 Å². The SMILES string of the molecule is CN(C)C(=O)NC1CCC(CCN2CCC3(CCN(c4cccc(Cl)c4Cl)C3)C2)CC1. The van der Waals surface area contributed by atoms with Crippen molar-refractivity contribution < 1.29 is 4.79 Å². The summed E-state index contributed by atoms with van der Waals surface area (Å²) < 4.78 is 0. The van der Waals surface area contributed by atoms with E-state index in [0.717, 1.165) is 37.5 Å². The number of anilines is 1. The molecule has 2 heterocycles. The molecule has 7 heteroatoms. The van der Waals surface area contributed by atoms with Crippen LogP contribution in [0.25, 0.3) is 0 Å². The van der Waals surface area contributed by atoms with Crippen LogP contribution in [0.1, 0.15) is 44.9 Å². The Balaban J connectivity index is 1.21. The first-order valence-corrected chi connectivity index (χ1v) is 12.5. The van der Waals surface area contributed by atoms with E-state index in [1.165, 1.54) is 51.7 Å². The van der Waals surface area contributed by atoms with E-state index in [1.54, 1.807) is 19.0 Å². The van der Waals surface area contributed by atoms with Gasteiger partial charge < -0.3 is 20.0 Å². The molecule has 0 aromatic heterocycles. The van der Waals surface area contributed by atoms with Gasteiger partial charge in [-0.15, -0.1) is 0 Å². The predicted molar refractivity (Wildman–Crippen MR) is 129 cm³/mol. The molecular formula is C24H36Cl2N4O. The molecule has 4 rings (SSSR count). The molecule has 0 radical (unpaired) electrons. The highest BCUT2D eigenvalue weighted by atomic mass is 35.5. The summed E-state index contributed by atoms with van der Waals surface area (Å²) in [4.78, 5) is 18.6. The van der Waals surface area contributed by atoms with Crippen molar-refractivity contribution in [3.63, 3.8) is 0 Å². The molecule has 5 nitrogen and oxygen atoms in total. The first-order valence-electron chi connectivity index (χ1n) is 11.7. The van der Waals surface area contributed by atoms with Gasteiger partial charge in [-0.3, -0.25) is 0 Å². The fourth-order valence-corrected chi connectivity index (χ4v) is 6.11. The lowest BCUT2D eigenvalue weighted by molar-refractivity contribution is 0.198. The molecule has 1 aromatic rings. The standard InChI is InChI=1S/C24H36Cl2N4O/c1-28(2)23(31)27-19-8-6-18(7-9-19)10-13-29-14-11-24(16-29)12-15-30(17-24)21-5-3-4-20(25)22(21)26/h3-5,18-19H,6-17H2,1-2H3,(H,27,31). The highest BCUT2D eigenvalue weighted by molar-refractivity contribution is 6.43. The van der Waals surface area contributed by atoms with Gasteiger partial charge in [-0.1, -0.05) is 29.3 Å². The van der Waals surface area contributed by atoms with E-state index < -0.39 is 0 Å². The lowest BCUT2D eigenvalue weighted by atomic mass is 9.84. The van der Waals surface area contributed by atoms with Crippen molar-refractivity contribution in [2.24, 2.45) is 11.3 Å². The monoisotopic (exact) mass is 466 g/mol. The second kappa shape index (κ2) is 9.76. The topological polar surface area (TPSA) is 38.8 Å². The zero-order chi connectivity index (χ0) is 22.0. The molecular weight excluding hydrogens is 431 g/mol. The fourth-order valence-electron chi connectivity index (χ4n) is 5.69. The van der Waals surface area contributed by atoms with Crippen LogP contribution in [0, 0.1) is 11.3 Å². The molecule has 1 unspecified atom stereocenters. The summed E-state index contributed by atoms with van der Waals surface area (Å²) >= 11 is 12.7. The average Bonchev–Trinajstić information content (AvgIpc) is 3.36. The minimum absolute atomic E-state index is 0.0375. The van der Waals surface area contributed by atoms with E-state index in [1.807, 2.05) is 12.1 Å². The van der Waals surface area contributed by atoms with Crippen LogP contribution in [0.4, 0.5) is 10.5 Å². The van der Waals surface area contributed by atoms with Crippen molar-refractivity contribution in [1.82, 2.24) is 15.1 Å². The first kappa shape index (κ1) is 23.0. The van der Waals surface area contributed by atoms with E-state index >= 15 is 0 Å². The Hall–Kier alpha value is -1.17. The number of urea groups is 1. The molecule has 3 aliphatic rings. The van der Waals surface area contributed by atoms with Crippen LogP contribution in [-0.2, 0) is 0 Å². The molecule has 3 fully saturated rings. The molecule has 31 heavy (non-hydrogen) atoms. The Morgan fingerprint density at radius 1 is 1.13 bits per heavy atom. The van der Waals surface area contributed by atoms with Crippen LogP contribution in [0.15, 0.2) is 18.2 Å². The number of carbonyl (C=O) groups excluding carboxylic acids is 1. The molecule has 2 saturated heterocycles. The number of nitrogens with zero attached hydrogens (tertiary/aromatic N) is 3. The lowest BCUT2D eigenvalue weighted by Gasteiger charge is -2.31. The Morgan fingerprint density at radius 3 is 2.61 bits per heavy atom. The van der Waals surface area contributed by atoms with Gasteiger partial charge in [-0.2, -0.15) is 0 Å². The third-order valence-corrected chi connectivity index (χ3v) is 8.47. The zero-order valence-electron chi connectivity index (χ0n) is 18.9. The quantitative estimate of drug-likeness (QED) is 0.654. The summed E-state index contributed by atoms with van der Waals surface area (Å²) in [6.07, 6.45) is 8.51. The Bertz CT molecular complexity index is 781. The minimum atomic E-state index is 0.0375. The summed E-state index contributed by atoms with van der Waals surface area (Å²) in [5.74, 6) is 0.800. The van der Waals surface area contributed by atoms with Gasteiger partial charge in [0.25, 0.3) is 0 Å². The molecule has 2 amide bonds. The molecule has 0 bridgehead atoms. The van der Waals surface area contributed by atoms with Crippen LogP contribution in [0.3, 0.4) is 0 Å². The average molecular weight is 467 g/mol. The summed E-state index contributed by atoms with van der Waals surface area (Å²) in [7, 11) is 3.61. The Kier molecular flexibility index (Phi) is 7.24. The second-order valence-corrected chi connectivity index (χ2v) is 10.9. The summed E-state index contributed by atoms with van der Waals surface area (Å²) in [6, 6.07) is 6.34. The maximum absolute atomic E-state index is 11.9. The largest absolute Gasteiger partial charge is 0.370 e. The predicted octanol–water partition coefficient (Wildman–Crippen LogP) is 5.12. The van der Waals surface area contributed by atoms with Crippen molar-refractivity contribution in [3.8, 4) is 0 Å². The third kappa shape index (κ3) is 5.43. The molecule has 1 atom stereocenters. The highest BCUT2D eigenvalue weighted by Crippen LogP contribution is 2.43.